The molecule has 2 aromatic carbocycles. The summed E-state index contributed by atoms with van der Waals surface area (Å²) >= 11 is 0. The molecular formula is C30H40N3O6+. The van der Waals surface area contributed by atoms with Gasteiger partial charge in [0.25, 0.3) is 0 Å². The van der Waals surface area contributed by atoms with Crippen LogP contribution in [0.5, 0.6) is 11.5 Å². The van der Waals surface area contributed by atoms with E-state index in [4.69, 9.17) is 18.9 Å². The van der Waals surface area contributed by atoms with E-state index in [-0.39, 0.29) is 19.3 Å². The predicted molar refractivity (Wildman–Crippen MR) is 149 cm³/mol. The van der Waals surface area contributed by atoms with Crippen molar-refractivity contribution in [1.82, 2.24) is 5.32 Å². The summed E-state index contributed by atoms with van der Waals surface area (Å²) in [6, 6.07) is 15.0. The van der Waals surface area contributed by atoms with E-state index < -0.39 is 18.1 Å². The van der Waals surface area contributed by atoms with Crippen molar-refractivity contribution >= 4 is 23.6 Å². The molecular weight excluding hydrogens is 498 g/mol. The van der Waals surface area contributed by atoms with Crippen LogP contribution in [0.2, 0.25) is 0 Å². The van der Waals surface area contributed by atoms with E-state index in [1.54, 1.807) is 0 Å². The number of hydrogen-bond donors (Lipinski definition) is 1. The number of nitrogens with zero attached hydrogens (tertiary/aromatic N) is 2. The highest BCUT2D eigenvalue weighted by atomic mass is 16.6. The molecule has 0 spiro atoms. The van der Waals surface area contributed by atoms with Crippen molar-refractivity contribution in [3.05, 3.63) is 54.1 Å². The molecule has 1 aliphatic carbocycles. The second kappa shape index (κ2) is 13.5. The van der Waals surface area contributed by atoms with Gasteiger partial charge in [-0.2, -0.15) is 0 Å². The lowest BCUT2D eigenvalue weighted by atomic mass is 9.83. The number of benzene rings is 2. The first kappa shape index (κ1) is 28.4. The molecule has 1 fully saturated rings. The summed E-state index contributed by atoms with van der Waals surface area (Å²) in [5, 5.41) is 2.58. The van der Waals surface area contributed by atoms with Gasteiger partial charge < -0.3 is 24.3 Å². The second-order valence-electron chi connectivity index (χ2n) is 10.2. The number of nitrogens with one attached hydrogen (secondary N) is 1. The number of carbonyl (C=O) groups excluding carboxylic acids is 2. The van der Waals surface area contributed by atoms with Crippen molar-refractivity contribution in [2.75, 3.05) is 39.4 Å². The molecule has 0 radical (unpaired) electrons. The normalized spacial score (nSPS) is 17.2. The minimum absolute atomic E-state index is 0.00179. The van der Waals surface area contributed by atoms with Crippen molar-refractivity contribution in [3.63, 3.8) is 0 Å². The number of amidine groups is 1. The van der Waals surface area contributed by atoms with Gasteiger partial charge in [0.15, 0.2) is 6.04 Å². The fourth-order valence-corrected chi connectivity index (χ4v) is 5.55. The molecule has 0 saturated heterocycles. The number of esters is 1. The minimum atomic E-state index is -0.926. The summed E-state index contributed by atoms with van der Waals surface area (Å²) in [7, 11) is 4.80. The first-order valence-corrected chi connectivity index (χ1v) is 13.6. The maximum atomic E-state index is 12.7. The standard InChI is InChI=1S/C30H39N3O6/c1-21-32(2)27-16-15-25(39-24-13-9-6-10-14-24)17-23(27)18-33(21)28(22-11-7-5-8-12-22)20-38-30(35)31-26(19-36-3)29(34)37-4/h6,9-10,13-17,22,26,28H,5,7-8,11-12,18-20H2,1-4H3/p+1. The second-order valence-corrected chi connectivity index (χ2v) is 10.2. The van der Waals surface area contributed by atoms with Gasteiger partial charge in [0.2, 0.25) is 5.84 Å². The van der Waals surface area contributed by atoms with Gasteiger partial charge in [-0.15, -0.1) is 0 Å². The molecule has 1 N–H and O–H groups in total. The Bertz CT molecular complexity index is 1160. The van der Waals surface area contributed by atoms with Crippen LogP contribution in [0.4, 0.5) is 10.5 Å². The van der Waals surface area contributed by atoms with Crippen LogP contribution >= 0.6 is 0 Å². The zero-order valence-corrected chi connectivity index (χ0v) is 23.4. The van der Waals surface area contributed by atoms with Crippen molar-refractivity contribution < 1.29 is 33.1 Å². The van der Waals surface area contributed by atoms with Crippen LogP contribution in [-0.4, -0.2) is 69.0 Å². The van der Waals surface area contributed by atoms with E-state index in [1.807, 2.05) is 36.4 Å². The number of alkyl carbamates (subject to hydrolysis) is 1. The lowest BCUT2D eigenvalue weighted by Gasteiger charge is -2.34. The number of carbonyl (C=O) groups is 2. The summed E-state index contributed by atoms with van der Waals surface area (Å²) in [5.74, 6) is 2.48. The van der Waals surface area contributed by atoms with E-state index in [1.165, 1.54) is 33.5 Å². The Balaban J connectivity index is 1.54. The maximum Gasteiger partial charge on any atom is 0.408 e. The number of para-hydroxylation sites is 1. The van der Waals surface area contributed by atoms with Gasteiger partial charge in [-0.3, -0.25) is 4.58 Å². The first-order chi connectivity index (χ1) is 18.9. The quantitative estimate of drug-likeness (QED) is 0.346. The number of ether oxygens (including phenoxy) is 4. The third-order valence-electron chi connectivity index (χ3n) is 7.72. The van der Waals surface area contributed by atoms with E-state index in [0.29, 0.717) is 12.5 Å². The fourth-order valence-electron chi connectivity index (χ4n) is 5.55. The molecule has 2 unspecified atom stereocenters. The van der Waals surface area contributed by atoms with Gasteiger partial charge in [-0.25, -0.2) is 14.5 Å². The minimum Gasteiger partial charge on any atom is -0.467 e. The van der Waals surface area contributed by atoms with Gasteiger partial charge >= 0.3 is 12.1 Å². The molecule has 9 heteroatoms. The Labute approximate surface area is 230 Å². The zero-order chi connectivity index (χ0) is 27.8. The predicted octanol–water partition coefficient (Wildman–Crippen LogP) is 4.72. The average Bonchev–Trinajstić information content (AvgIpc) is 2.96. The third-order valence-corrected chi connectivity index (χ3v) is 7.72. The van der Waals surface area contributed by atoms with Crippen LogP contribution in [0.1, 0.15) is 44.6 Å². The lowest BCUT2D eigenvalue weighted by molar-refractivity contribution is -0.595. The van der Waals surface area contributed by atoms with E-state index in [2.05, 4.69) is 40.9 Å². The topological polar surface area (TPSA) is 89.3 Å². The maximum absolute atomic E-state index is 12.7. The van der Waals surface area contributed by atoms with E-state index in [9.17, 15) is 9.59 Å². The molecule has 0 bridgehead atoms. The number of rotatable bonds is 10. The SMILES string of the molecule is COCC(NC(=O)OCC(C1CCCCC1)[N+]1=C(C)N(C)c2ccc(Oc3ccccc3)cc2C1)C(=O)OC. The van der Waals surface area contributed by atoms with Gasteiger partial charge in [0.05, 0.1) is 20.8 Å². The molecule has 2 aliphatic rings. The Morgan fingerprint density at radius 1 is 1.03 bits per heavy atom. The molecule has 1 heterocycles. The summed E-state index contributed by atoms with van der Waals surface area (Å²) in [6.07, 6.45) is 5.07. The molecule has 4 rings (SSSR count). The summed E-state index contributed by atoms with van der Waals surface area (Å²) in [6.45, 7) is 3.00. The highest BCUT2D eigenvalue weighted by Gasteiger charge is 2.37. The first-order valence-electron chi connectivity index (χ1n) is 13.6. The number of amides is 1. The zero-order valence-electron chi connectivity index (χ0n) is 23.4. The van der Waals surface area contributed by atoms with E-state index >= 15 is 0 Å². The van der Waals surface area contributed by atoms with Gasteiger partial charge in [0, 0.05) is 25.5 Å². The molecule has 1 aliphatic heterocycles. The highest BCUT2D eigenvalue weighted by Crippen LogP contribution is 2.34. The number of anilines is 1. The number of fused-ring (bicyclic) bond motifs is 1. The summed E-state index contributed by atoms with van der Waals surface area (Å²) < 4.78 is 24.0. The number of methoxy groups -OCH3 is 2. The summed E-state index contributed by atoms with van der Waals surface area (Å²) in [5.41, 5.74) is 2.28. The molecule has 210 valence electrons. The Hall–Kier alpha value is -3.59. The van der Waals surface area contributed by atoms with Crippen LogP contribution in [0.15, 0.2) is 48.5 Å². The highest BCUT2D eigenvalue weighted by molar-refractivity contribution is 5.93. The van der Waals surface area contributed by atoms with Gasteiger partial charge in [-0.1, -0.05) is 37.5 Å². The van der Waals surface area contributed by atoms with Crippen LogP contribution < -0.4 is 15.0 Å². The van der Waals surface area contributed by atoms with Gasteiger partial charge in [-0.05, 0) is 43.2 Å². The van der Waals surface area contributed by atoms with Crippen molar-refractivity contribution in [3.8, 4) is 11.5 Å². The fraction of sp³-hybridized carbons (Fsp3) is 0.500. The molecule has 1 saturated carbocycles. The Morgan fingerprint density at radius 3 is 2.46 bits per heavy atom. The molecule has 39 heavy (non-hydrogen) atoms. The van der Waals surface area contributed by atoms with Gasteiger partial charge in [0.1, 0.15) is 36.4 Å². The monoisotopic (exact) mass is 538 g/mol. The van der Waals surface area contributed by atoms with Crippen LogP contribution in [0.25, 0.3) is 0 Å². The summed E-state index contributed by atoms with van der Waals surface area (Å²) in [4.78, 5) is 26.9. The van der Waals surface area contributed by atoms with Crippen LogP contribution in [0, 0.1) is 5.92 Å². The molecule has 2 aromatic rings. The van der Waals surface area contributed by atoms with Crippen LogP contribution in [-0.2, 0) is 25.5 Å². The van der Waals surface area contributed by atoms with E-state index in [0.717, 1.165) is 41.4 Å². The largest absolute Gasteiger partial charge is 0.467 e. The third kappa shape index (κ3) is 7.09. The Morgan fingerprint density at radius 2 is 1.77 bits per heavy atom. The van der Waals surface area contributed by atoms with Crippen molar-refractivity contribution in [1.29, 1.82) is 0 Å². The van der Waals surface area contributed by atoms with Crippen molar-refractivity contribution in [2.24, 2.45) is 5.92 Å². The van der Waals surface area contributed by atoms with Crippen molar-refractivity contribution in [2.45, 2.75) is 57.7 Å². The Kier molecular flexibility index (Phi) is 9.81. The molecule has 2 atom stereocenters. The molecule has 0 aromatic heterocycles. The lowest BCUT2D eigenvalue weighted by Crippen LogP contribution is -2.49. The van der Waals surface area contributed by atoms with Crippen LogP contribution in [0.3, 0.4) is 0 Å². The molecule has 9 nitrogen and oxygen atoms in total. The molecule has 1 amide bonds. The smallest absolute Gasteiger partial charge is 0.408 e. The number of hydrogen-bond acceptors (Lipinski definition) is 7. The average molecular weight is 539 g/mol.